The third-order valence-corrected chi connectivity index (χ3v) is 7.49. The topological polar surface area (TPSA) is 138 Å². The Morgan fingerprint density at radius 2 is 1.79 bits per heavy atom. The summed E-state index contributed by atoms with van der Waals surface area (Å²) >= 11 is 12.4. The molecule has 0 bridgehead atoms. The maximum Gasteiger partial charge on any atom is 0.296 e. The Bertz CT molecular complexity index is 1710. The Balaban J connectivity index is 1.83. The van der Waals surface area contributed by atoms with Gasteiger partial charge in [0.15, 0.2) is 11.5 Å². The smallest absolute Gasteiger partial charge is 0.296 e. The van der Waals surface area contributed by atoms with Crippen LogP contribution in [0.5, 0.6) is 11.5 Å². The molecule has 9 nitrogen and oxygen atoms in total. The Labute approximate surface area is 228 Å². The number of phenols is 1. The molecule has 196 valence electrons. The third-order valence-electron chi connectivity index (χ3n) is 5.71. The average Bonchev–Trinajstić information content (AvgIpc) is 2.87. The van der Waals surface area contributed by atoms with Crippen LogP contribution in [0, 0.1) is 0 Å². The minimum absolute atomic E-state index is 0.0460. The summed E-state index contributed by atoms with van der Waals surface area (Å²) < 4.78 is 38.8. The molecule has 12 heteroatoms. The second-order valence-electron chi connectivity index (χ2n) is 8.03. The van der Waals surface area contributed by atoms with Gasteiger partial charge in [-0.3, -0.25) is 9.35 Å². The first-order chi connectivity index (χ1) is 18.1. The van der Waals surface area contributed by atoms with E-state index in [9.17, 15) is 22.9 Å². The van der Waals surface area contributed by atoms with Crippen molar-refractivity contribution in [3.8, 4) is 11.5 Å². The first kappa shape index (κ1) is 27.3. The van der Waals surface area contributed by atoms with Crippen LogP contribution in [0.1, 0.15) is 22.8 Å². The highest BCUT2D eigenvalue weighted by atomic mass is 35.5. The predicted octanol–water partition coefficient (Wildman–Crippen LogP) is 7.34. The molecular formula is C26H21Cl2N3O6S. The standard InChI is InChI=1S/C26H21Cl2N3O6S/c1-3-14-11-12-19(21(28)25(14)38(34,35)36)30-31-22-16-8-5-4-7-15(16)13-17(23(22)32)26(33)29-20-10-6-9-18(27)24(20)37-2/h4-13,32H,3H2,1-2H3,(H,29,33)(H,34,35,36). The lowest BCUT2D eigenvalue weighted by atomic mass is 10.0. The Kier molecular flexibility index (Phi) is 7.89. The number of halogens is 2. The van der Waals surface area contributed by atoms with Crippen molar-refractivity contribution in [2.75, 3.05) is 12.4 Å². The molecule has 3 N–H and O–H groups in total. The number of amides is 1. The van der Waals surface area contributed by atoms with E-state index in [0.717, 1.165) is 0 Å². The molecule has 0 spiro atoms. The fourth-order valence-electron chi connectivity index (χ4n) is 3.92. The van der Waals surface area contributed by atoms with Crippen molar-refractivity contribution in [1.29, 1.82) is 0 Å². The minimum Gasteiger partial charge on any atom is -0.505 e. The van der Waals surface area contributed by atoms with Crippen molar-refractivity contribution in [2.24, 2.45) is 10.2 Å². The minimum atomic E-state index is -4.64. The Hall–Kier alpha value is -3.70. The summed E-state index contributed by atoms with van der Waals surface area (Å²) in [5.41, 5.74) is 0.390. The maximum absolute atomic E-state index is 13.2. The maximum atomic E-state index is 13.2. The van der Waals surface area contributed by atoms with Gasteiger partial charge < -0.3 is 15.2 Å². The molecule has 0 radical (unpaired) electrons. The number of nitrogens with one attached hydrogen (secondary N) is 1. The van der Waals surface area contributed by atoms with Crippen LogP contribution in [0.4, 0.5) is 17.1 Å². The van der Waals surface area contributed by atoms with Crippen LogP contribution in [0.2, 0.25) is 10.0 Å². The largest absolute Gasteiger partial charge is 0.505 e. The van der Waals surface area contributed by atoms with E-state index in [2.05, 4.69) is 15.5 Å². The number of benzene rings is 4. The van der Waals surface area contributed by atoms with Crippen LogP contribution < -0.4 is 10.1 Å². The van der Waals surface area contributed by atoms with Crippen LogP contribution in [0.3, 0.4) is 0 Å². The number of azo groups is 1. The van der Waals surface area contributed by atoms with E-state index in [4.69, 9.17) is 27.9 Å². The van der Waals surface area contributed by atoms with E-state index >= 15 is 0 Å². The van der Waals surface area contributed by atoms with Crippen LogP contribution in [0.15, 0.2) is 75.8 Å². The quantitative estimate of drug-likeness (QED) is 0.156. The fraction of sp³-hybridized carbons (Fsp3) is 0.115. The highest BCUT2D eigenvalue weighted by Crippen LogP contribution is 2.42. The number of rotatable bonds is 7. The highest BCUT2D eigenvalue weighted by molar-refractivity contribution is 7.86. The number of aromatic hydroxyl groups is 1. The van der Waals surface area contributed by atoms with Crippen LogP contribution in [0.25, 0.3) is 10.8 Å². The normalized spacial score (nSPS) is 11.7. The molecule has 4 rings (SSSR count). The van der Waals surface area contributed by atoms with Gasteiger partial charge in [0, 0.05) is 5.39 Å². The van der Waals surface area contributed by atoms with Crippen LogP contribution >= 0.6 is 23.2 Å². The predicted molar refractivity (Wildman–Crippen MR) is 146 cm³/mol. The van der Waals surface area contributed by atoms with Gasteiger partial charge in [-0.15, -0.1) is 10.2 Å². The number of aryl methyl sites for hydroxylation is 1. The number of phenolic OH excluding ortho intramolecular Hbond substituents is 1. The molecule has 1 amide bonds. The van der Waals surface area contributed by atoms with E-state index in [1.54, 1.807) is 49.4 Å². The molecule has 0 saturated carbocycles. The van der Waals surface area contributed by atoms with E-state index in [0.29, 0.717) is 28.4 Å². The van der Waals surface area contributed by atoms with Gasteiger partial charge in [0.2, 0.25) is 0 Å². The molecule has 0 saturated heterocycles. The summed E-state index contributed by atoms with van der Waals surface area (Å²) in [5, 5.41) is 23.0. The van der Waals surface area contributed by atoms with Gasteiger partial charge in [0.05, 0.1) is 28.4 Å². The van der Waals surface area contributed by atoms with Crippen molar-refractivity contribution in [1.82, 2.24) is 0 Å². The van der Waals surface area contributed by atoms with Crippen molar-refractivity contribution >= 4 is 67.1 Å². The van der Waals surface area contributed by atoms with Gasteiger partial charge in [-0.05, 0) is 41.6 Å². The summed E-state index contributed by atoms with van der Waals surface area (Å²) in [6.07, 6.45) is 0.298. The molecule has 0 heterocycles. The third kappa shape index (κ3) is 5.30. The number of ether oxygens (including phenoxy) is 1. The van der Waals surface area contributed by atoms with E-state index in [1.807, 2.05) is 0 Å². The zero-order valence-electron chi connectivity index (χ0n) is 20.1. The number of carbonyl (C=O) groups is 1. The molecule has 38 heavy (non-hydrogen) atoms. The zero-order chi connectivity index (χ0) is 27.6. The second kappa shape index (κ2) is 11.0. The van der Waals surface area contributed by atoms with Crippen molar-refractivity contribution in [2.45, 2.75) is 18.2 Å². The van der Waals surface area contributed by atoms with Crippen LogP contribution in [-0.2, 0) is 16.5 Å². The van der Waals surface area contributed by atoms with E-state index in [1.165, 1.54) is 25.3 Å². The van der Waals surface area contributed by atoms with Crippen LogP contribution in [-0.4, -0.2) is 31.1 Å². The number of hydrogen-bond acceptors (Lipinski definition) is 7. The molecule has 4 aromatic rings. The molecule has 0 aliphatic heterocycles. The van der Waals surface area contributed by atoms with Gasteiger partial charge in [-0.25, -0.2) is 0 Å². The summed E-state index contributed by atoms with van der Waals surface area (Å²) in [7, 11) is -3.23. The number of fused-ring (bicyclic) bond motifs is 1. The lowest BCUT2D eigenvalue weighted by Crippen LogP contribution is -2.13. The Morgan fingerprint density at radius 1 is 1.05 bits per heavy atom. The molecule has 0 unspecified atom stereocenters. The van der Waals surface area contributed by atoms with Gasteiger partial charge >= 0.3 is 0 Å². The average molecular weight is 574 g/mol. The molecular weight excluding hydrogens is 553 g/mol. The number of nitrogens with zero attached hydrogens (tertiary/aromatic N) is 2. The summed E-state index contributed by atoms with van der Waals surface area (Å²) in [4.78, 5) is 12.7. The molecule has 0 aliphatic carbocycles. The van der Waals surface area contributed by atoms with Gasteiger partial charge in [-0.1, -0.05) is 66.5 Å². The molecule has 0 fully saturated rings. The van der Waals surface area contributed by atoms with Crippen molar-refractivity contribution in [3.05, 3.63) is 81.8 Å². The lowest BCUT2D eigenvalue weighted by molar-refractivity contribution is 0.102. The first-order valence-corrected chi connectivity index (χ1v) is 13.4. The molecule has 0 aliphatic rings. The Morgan fingerprint density at radius 3 is 2.47 bits per heavy atom. The molecule has 0 atom stereocenters. The highest BCUT2D eigenvalue weighted by Gasteiger charge is 2.23. The van der Waals surface area contributed by atoms with E-state index < -0.39 is 26.7 Å². The monoisotopic (exact) mass is 573 g/mol. The van der Waals surface area contributed by atoms with Gasteiger partial charge in [-0.2, -0.15) is 8.42 Å². The number of para-hydroxylation sites is 1. The van der Waals surface area contributed by atoms with Crippen molar-refractivity contribution < 1.29 is 27.6 Å². The first-order valence-electron chi connectivity index (χ1n) is 11.2. The number of carbonyl (C=O) groups excluding carboxylic acids is 1. The molecule has 0 aromatic heterocycles. The number of hydrogen-bond donors (Lipinski definition) is 3. The number of anilines is 1. The fourth-order valence-corrected chi connectivity index (χ4v) is 5.56. The zero-order valence-corrected chi connectivity index (χ0v) is 22.4. The summed E-state index contributed by atoms with van der Waals surface area (Å²) in [5.74, 6) is -0.881. The number of methoxy groups -OCH3 is 1. The summed E-state index contributed by atoms with van der Waals surface area (Å²) in [6.45, 7) is 1.71. The van der Waals surface area contributed by atoms with Gasteiger partial charge in [0.1, 0.15) is 16.3 Å². The van der Waals surface area contributed by atoms with Crippen molar-refractivity contribution in [3.63, 3.8) is 0 Å². The second-order valence-corrected chi connectivity index (χ2v) is 10.2. The lowest BCUT2D eigenvalue weighted by Gasteiger charge is -2.14. The SMILES string of the molecule is CCc1ccc(N=Nc2c(O)c(C(=O)Nc3cccc(Cl)c3OC)cc3ccccc23)c(Cl)c1S(=O)(=O)O. The molecule has 4 aromatic carbocycles. The van der Waals surface area contributed by atoms with E-state index in [-0.39, 0.29) is 32.7 Å². The van der Waals surface area contributed by atoms with Gasteiger partial charge in [0.25, 0.3) is 16.0 Å². The summed E-state index contributed by atoms with van der Waals surface area (Å²) in [6, 6.07) is 16.1.